The number of hydrogen-bond donors (Lipinski definition) is 2. The number of nitrogen functional groups attached to an aromatic ring is 1. The van der Waals surface area contributed by atoms with Crippen LogP contribution in [-0.2, 0) is 6.54 Å². The third-order valence-corrected chi connectivity index (χ3v) is 4.52. The highest BCUT2D eigenvalue weighted by Gasteiger charge is 2.14. The van der Waals surface area contributed by atoms with Gasteiger partial charge in [0, 0.05) is 21.1 Å². The van der Waals surface area contributed by atoms with Gasteiger partial charge in [0.05, 0.1) is 12.1 Å². The maximum absolute atomic E-state index is 11.5. The summed E-state index contributed by atoms with van der Waals surface area (Å²) >= 11 is 3.62. The van der Waals surface area contributed by atoms with Gasteiger partial charge in [-0.15, -0.1) is 0 Å². The van der Waals surface area contributed by atoms with Gasteiger partial charge in [-0.3, -0.25) is 10.2 Å². The fraction of sp³-hybridized carbons (Fsp3) is 0.133. The molecule has 21 heavy (non-hydrogen) atoms. The number of para-hydroxylation sites is 1. The second-order valence-corrected chi connectivity index (χ2v) is 5.57. The summed E-state index contributed by atoms with van der Waals surface area (Å²) in [6, 6.07) is 9.83. The summed E-state index contributed by atoms with van der Waals surface area (Å²) in [7, 11) is 0. The van der Waals surface area contributed by atoms with Gasteiger partial charge in [-0.2, -0.15) is 0 Å². The molecule has 0 aliphatic carbocycles. The second kappa shape index (κ2) is 5.38. The zero-order valence-corrected chi connectivity index (χ0v) is 13.0. The normalized spacial score (nSPS) is 11.0. The van der Waals surface area contributed by atoms with Crippen LogP contribution in [0.2, 0.25) is 0 Å². The van der Waals surface area contributed by atoms with Gasteiger partial charge in [0.15, 0.2) is 0 Å². The summed E-state index contributed by atoms with van der Waals surface area (Å²) in [6.45, 7) is 2.59. The highest BCUT2D eigenvalue weighted by atomic mass is 79.9. The van der Waals surface area contributed by atoms with E-state index in [4.69, 9.17) is 10.3 Å². The summed E-state index contributed by atoms with van der Waals surface area (Å²) in [5.41, 5.74) is 4.73. The number of carbonyl (C=O) groups is 1. The van der Waals surface area contributed by atoms with Gasteiger partial charge in [-0.25, -0.2) is 5.84 Å². The van der Waals surface area contributed by atoms with Crippen LogP contribution in [0, 0.1) is 6.92 Å². The number of amides is 1. The van der Waals surface area contributed by atoms with Crippen LogP contribution in [-0.4, -0.2) is 10.5 Å². The number of halogens is 1. The van der Waals surface area contributed by atoms with Crippen LogP contribution in [0.3, 0.4) is 0 Å². The molecule has 1 aromatic carbocycles. The second-order valence-electron chi connectivity index (χ2n) is 4.78. The Bertz CT molecular complexity index is 820. The summed E-state index contributed by atoms with van der Waals surface area (Å²) in [5.74, 6) is 5.45. The fourth-order valence-corrected chi connectivity index (χ4v) is 2.96. The van der Waals surface area contributed by atoms with Crippen molar-refractivity contribution in [2.75, 3.05) is 0 Å². The minimum atomic E-state index is -0.361. The number of hydrogen-bond acceptors (Lipinski definition) is 3. The Morgan fingerprint density at radius 2 is 2.19 bits per heavy atom. The lowest BCUT2D eigenvalue weighted by molar-refractivity contribution is 0.0953. The van der Waals surface area contributed by atoms with Gasteiger partial charge < -0.3 is 8.98 Å². The van der Waals surface area contributed by atoms with E-state index < -0.39 is 0 Å². The monoisotopic (exact) mass is 347 g/mol. The first-order valence-corrected chi connectivity index (χ1v) is 7.22. The lowest BCUT2D eigenvalue weighted by atomic mass is 10.2. The van der Waals surface area contributed by atoms with Gasteiger partial charge in [0.1, 0.15) is 12.0 Å². The van der Waals surface area contributed by atoms with E-state index >= 15 is 0 Å². The highest BCUT2D eigenvalue weighted by Crippen LogP contribution is 2.31. The van der Waals surface area contributed by atoms with Crippen LogP contribution in [0.5, 0.6) is 0 Å². The predicted molar refractivity (Wildman–Crippen MR) is 83.8 cm³/mol. The highest BCUT2D eigenvalue weighted by molar-refractivity contribution is 9.10. The number of nitrogens with two attached hydrogens (primary N) is 1. The van der Waals surface area contributed by atoms with E-state index in [0.29, 0.717) is 17.9 Å². The van der Waals surface area contributed by atoms with E-state index in [1.165, 1.54) is 6.26 Å². The molecule has 6 heteroatoms. The molecular formula is C15H14BrN3O2. The molecule has 0 radical (unpaired) electrons. The van der Waals surface area contributed by atoms with Crippen LogP contribution in [0.1, 0.15) is 21.8 Å². The molecule has 3 rings (SSSR count). The number of nitrogens with zero attached hydrogens (tertiary/aromatic N) is 1. The summed E-state index contributed by atoms with van der Waals surface area (Å²) < 4.78 is 8.67. The van der Waals surface area contributed by atoms with Gasteiger partial charge in [-0.05, 0) is 35.0 Å². The molecule has 0 bridgehead atoms. The molecule has 0 spiro atoms. The van der Waals surface area contributed by atoms with Crippen LogP contribution in [0.4, 0.5) is 0 Å². The van der Waals surface area contributed by atoms with Gasteiger partial charge in [-0.1, -0.05) is 18.2 Å². The van der Waals surface area contributed by atoms with Gasteiger partial charge in [0.2, 0.25) is 0 Å². The third kappa shape index (κ3) is 2.36. The van der Waals surface area contributed by atoms with Crippen molar-refractivity contribution in [1.29, 1.82) is 0 Å². The summed E-state index contributed by atoms with van der Waals surface area (Å²) in [5, 5.41) is 1.15. The molecule has 5 nitrogen and oxygen atoms in total. The van der Waals surface area contributed by atoms with Crippen molar-refractivity contribution >= 4 is 32.7 Å². The maximum Gasteiger partial charge on any atom is 0.268 e. The summed E-state index contributed by atoms with van der Waals surface area (Å²) in [4.78, 5) is 11.5. The van der Waals surface area contributed by atoms with Crippen LogP contribution in [0.25, 0.3) is 10.9 Å². The van der Waals surface area contributed by atoms with Crippen molar-refractivity contribution in [3.63, 3.8) is 0 Å². The number of carbonyl (C=O) groups excluding carboxylic acids is 1. The van der Waals surface area contributed by atoms with E-state index in [2.05, 4.69) is 38.1 Å². The molecule has 3 aromatic rings. The molecule has 0 saturated heterocycles. The lowest BCUT2D eigenvalue weighted by Crippen LogP contribution is -2.29. The molecule has 0 unspecified atom stereocenters. The molecule has 2 aromatic heterocycles. The zero-order chi connectivity index (χ0) is 15.0. The first-order valence-electron chi connectivity index (χ1n) is 6.43. The molecule has 0 aliphatic rings. The topological polar surface area (TPSA) is 73.2 Å². The number of hydrazine groups is 1. The minimum absolute atomic E-state index is 0.361. The number of aromatic nitrogens is 1. The molecular weight excluding hydrogens is 334 g/mol. The zero-order valence-electron chi connectivity index (χ0n) is 11.4. The quantitative estimate of drug-likeness (QED) is 0.434. The standard InChI is InChI=1S/C15H14BrN3O2/c1-9-14(16)12-4-2-3-5-13(12)19(9)7-11-6-10(8-21-11)15(20)18-17/h2-6,8H,7,17H2,1H3,(H,18,20). The van der Waals surface area contributed by atoms with E-state index in [1.54, 1.807) is 6.07 Å². The number of nitrogens with one attached hydrogen (secondary N) is 1. The van der Waals surface area contributed by atoms with Crippen molar-refractivity contribution in [3.8, 4) is 0 Å². The van der Waals surface area contributed by atoms with E-state index in [0.717, 1.165) is 21.1 Å². The van der Waals surface area contributed by atoms with Crippen LogP contribution < -0.4 is 11.3 Å². The Labute approximate surface area is 129 Å². The third-order valence-electron chi connectivity index (χ3n) is 3.51. The van der Waals surface area contributed by atoms with Crippen molar-refractivity contribution in [2.24, 2.45) is 5.84 Å². The SMILES string of the molecule is Cc1c(Br)c2ccccc2n1Cc1cc(C(=O)NN)co1. The average molecular weight is 348 g/mol. The molecule has 1 amide bonds. The first-order chi connectivity index (χ1) is 10.1. The molecule has 0 atom stereocenters. The largest absolute Gasteiger partial charge is 0.467 e. The van der Waals surface area contributed by atoms with E-state index in [9.17, 15) is 4.79 Å². The Morgan fingerprint density at radius 1 is 1.43 bits per heavy atom. The number of furan rings is 1. The average Bonchev–Trinajstić information content (AvgIpc) is 3.07. The molecule has 0 aliphatic heterocycles. The molecule has 0 fully saturated rings. The van der Waals surface area contributed by atoms with E-state index in [-0.39, 0.29) is 5.91 Å². The molecule has 2 heterocycles. The predicted octanol–water partition coefficient (Wildman–Crippen LogP) is 2.96. The van der Waals surface area contributed by atoms with Crippen molar-refractivity contribution in [1.82, 2.24) is 9.99 Å². The molecule has 108 valence electrons. The summed E-state index contributed by atoms with van der Waals surface area (Å²) in [6.07, 6.45) is 1.41. The number of benzene rings is 1. The Morgan fingerprint density at radius 3 is 2.95 bits per heavy atom. The van der Waals surface area contributed by atoms with Crippen LogP contribution >= 0.6 is 15.9 Å². The van der Waals surface area contributed by atoms with Crippen molar-refractivity contribution < 1.29 is 9.21 Å². The van der Waals surface area contributed by atoms with Crippen LogP contribution in [0.15, 0.2) is 45.5 Å². The molecule has 3 N–H and O–H groups in total. The smallest absolute Gasteiger partial charge is 0.268 e. The van der Waals surface area contributed by atoms with E-state index in [1.807, 2.05) is 19.1 Å². The first kappa shape index (κ1) is 13.9. The van der Waals surface area contributed by atoms with Crippen molar-refractivity contribution in [3.05, 3.63) is 58.1 Å². The van der Waals surface area contributed by atoms with Gasteiger partial charge in [0.25, 0.3) is 5.91 Å². The minimum Gasteiger partial charge on any atom is -0.467 e. The van der Waals surface area contributed by atoms with Crippen molar-refractivity contribution in [2.45, 2.75) is 13.5 Å². The Kier molecular flexibility index (Phi) is 3.57. The van der Waals surface area contributed by atoms with Gasteiger partial charge >= 0.3 is 0 Å². The lowest BCUT2D eigenvalue weighted by Gasteiger charge is -2.05. The Hall–Kier alpha value is -2.05. The maximum atomic E-state index is 11.5. The number of fused-ring (bicyclic) bond motifs is 1. The number of rotatable bonds is 3. The molecule has 0 saturated carbocycles. The Balaban J connectivity index is 2.00. The fourth-order valence-electron chi connectivity index (χ4n) is 2.41.